The second-order valence-corrected chi connectivity index (χ2v) is 4.66. The summed E-state index contributed by atoms with van der Waals surface area (Å²) in [5.74, 6) is 1.52. The number of benzene rings is 2. The van der Waals surface area contributed by atoms with Gasteiger partial charge in [-0.05, 0) is 55.3 Å². The molecule has 0 aliphatic heterocycles. The standard InChI is InChI=1S/C16H17NO3/c1-11(18)16(17)10-12-2-6-14(7-3-12)20-15-8-4-13(19)5-9-15/h2-9,16,19H,10,17H2,1H3. The molecule has 0 aliphatic rings. The van der Waals surface area contributed by atoms with Gasteiger partial charge in [0.1, 0.15) is 23.0 Å². The van der Waals surface area contributed by atoms with Gasteiger partial charge in [0.2, 0.25) is 0 Å². The van der Waals surface area contributed by atoms with Crippen molar-refractivity contribution in [2.45, 2.75) is 19.4 Å². The molecule has 0 heterocycles. The second kappa shape index (κ2) is 6.21. The lowest BCUT2D eigenvalue weighted by atomic mass is 10.0. The van der Waals surface area contributed by atoms with E-state index in [-0.39, 0.29) is 11.5 Å². The van der Waals surface area contributed by atoms with Crippen LogP contribution in [0.15, 0.2) is 48.5 Å². The Labute approximate surface area is 117 Å². The fourth-order valence-electron chi connectivity index (χ4n) is 1.74. The monoisotopic (exact) mass is 271 g/mol. The Morgan fingerprint density at radius 2 is 1.60 bits per heavy atom. The topological polar surface area (TPSA) is 72.6 Å². The van der Waals surface area contributed by atoms with Gasteiger partial charge in [-0.15, -0.1) is 0 Å². The van der Waals surface area contributed by atoms with Crippen LogP contribution < -0.4 is 10.5 Å². The van der Waals surface area contributed by atoms with E-state index in [2.05, 4.69) is 0 Å². The zero-order chi connectivity index (χ0) is 14.5. The van der Waals surface area contributed by atoms with Gasteiger partial charge in [0.15, 0.2) is 0 Å². The Kier molecular flexibility index (Phi) is 4.38. The molecule has 0 saturated heterocycles. The number of rotatable bonds is 5. The van der Waals surface area contributed by atoms with Crippen LogP contribution in [0.1, 0.15) is 12.5 Å². The van der Waals surface area contributed by atoms with Crippen LogP contribution in [-0.2, 0) is 11.2 Å². The number of phenols is 1. The lowest BCUT2D eigenvalue weighted by molar-refractivity contribution is -0.118. The van der Waals surface area contributed by atoms with Crippen molar-refractivity contribution in [2.24, 2.45) is 5.73 Å². The number of carbonyl (C=O) groups excluding carboxylic acids is 1. The average molecular weight is 271 g/mol. The summed E-state index contributed by atoms with van der Waals surface area (Å²) in [6.45, 7) is 1.49. The highest BCUT2D eigenvalue weighted by Gasteiger charge is 2.08. The first-order chi connectivity index (χ1) is 9.54. The maximum atomic E-state index is 11.1. The zero-order valence-electron chi connectivity index (χ0n) is 11.2. The molecule has 0 bridgehead atoms. The molecule has 2 rings (SSSR count). The molecular weight excluding hydrogens is 254 g/mol. The molecule has 20 heavy (non-hydrogen) atoms. The predicted octanol–water partition coefficient (Wildman–Crippen LogP) is 2.64. The zero-order valence-corrected chi connectivity index (χ0v) is 11.2. The lowest BCUT2D eigenvalue weighted by Crippen LogP contribution is -2.30. The van der Waals surface area contributed by atoms with Crippen LogP contribution in [-0.4, -0.2) is 16.9 Å². The summed E-state index contributed by atoms with van der Waals surface area (Å²) in [4.78, 5) is 11.1. The highest BCUT2D eigenvalue weighted by molar-refractivity contribution is 5.81. The third kappa shape index (κ3) is 3.83. The Balaban J connectivity index is 2.01. The van der Waals surface area contributed by atoms with E-state index < -0.39 is 6.04 Å². The van der Waals surface area contributed by atoms with Crippen molar-refractivity contribution in [3.63, 3.8) is 0 Å². The quantitative estimate of drug-likeness (QED) is 0.876. The fourth-order valence-corrected chi connectivity index (χ4v) is 1.74. The van der Waals surface area contributed by atoms with Crippen LogP contribution in [0, 0.1) is 0 Å². The van der Waals surface area contributed by atoms with Gasteiger partial charge in [0.05, 0.1) is 6.04 Å². The van der Waals surface area contributed by atoms with Crippen molar-refractivity contribution in [1.29, 1.82) is 0 Å². The summed E-state index contributed by atoms with van der Waals surface area (Å²) in [5, 5.41) is 9.19. The van der Waals surface area contributed by atoms with E-state index in [0.717, 1.165) is 5.56 Å². The van der Waals surface area contributed by atoms with Gasteiger partial charge in [0, 0.05) is 0 Å². The van der Waals surface area contributed by atoms with Crippen molar-refractivity contribution in [1.82, 2.24) is 0 Å². The Morgan fingerprint density at radius 1 is 1.10 bits per heavy atom. The fraction of sp³-hybridized carbons (Fsp3) is 0.188. The molecular formula is C16H17NO3. The molecule has 2 aromatic carbocycles. The number of ketones is 1. The van der Waals surface area contributed by atoms with Gasteiger partial charge in [0.25, 0.3) is 0 Å². The summed E-state index contributed by atoms with van der Waals surface area (Å²) in [5.41, 5.74) is 6.71. The highest BCUT2D eigenvalue weighted by atomic mass is 16.5. The lowest BCUT2D eigenvalue weighted by Gasteiger charge is -2.09. The van der Waals surface area contributed by atoms with Gasteiger partial charge < -0.3 is 15.6 Å². The third-order valence-electron chi connectivity index (χ3n) is 2.97. The molecule has 1 atom stereocenters. The molecule has 3 N–H and O–H groups in total. The Hall–Kier alpha value is -2.33. The average Bonchev–Trinajstić information content (AvgIpc) is 2.43. The van der Waals surface area contributed by atoms with E-state index in [4.69, 9.17) is 10.5 Å². The van der Waals surface area contributed by atoms with Crippen molar-refractivity contribution >= 4 is 5.78 Å². The van der Waals surface area contributed by atoms with Gasteiger partial charge in [-0.1, -0.05) is 12.1 Å². The molecule has 0 amide bonds. The summed E-state index contributed by atoms with van der Waals surface area (Å²) in [6.07, 6.45) is 0.523. The molecule has 2 aromatic rings. The third-order valence-corrected chi connectivity index (χ3v) is 2.97. The Morgan fingerprint density at radius 3 is 2.10 bits per heavy atom. The highest BCUT2D eigenvalue weighted by Crippen LogP contribution is 2.23. The minimum absolute atomic E-state index is 0.0191. The van der Waals surface area contributed by atoms with Crippen LogP contribution in [0.4, 0.5) is 0 Å². The SMILES string of the molecule is CC(=O)C(N)Cc1ccc(Oc2ccc(O)cc2)cc1. The molecule has 104 valence electrons. The van der Waals surface area contributed by atoms with Crippen molar-refractivity contribution < 1.29 is 14.6 Å². The first-order valence-corrected chi connectivity index (χ1v) is 6.36. The minimum atomic E-state index is -0.459. The first-order valence-electron chi connectivity index (χ1n) is 6.36. The largest absolute Gasteiger partial charge is 0.508 e. The molecule has 0 spiro atoms. The number of hydrogen-bond donors (Lipinski definition) is 2. The summed E-state index contributed by atoms with van der Waals surface area (Å²) < 4.78 is 5.63. The second-order valence-electron chi connectivity index (χ2n) is 4.66. The van der Waals surface area contributed by atoms with E-state index >= 15 is 0 Å². The maximum Gasteiger partial charge on any atom is 0.146 e. The number of Topliss-reactive ketones (excluding diaryl/α,β-unsaturated/α-hetero) is 1. The predicted molar refractivity (Wildman–Crippen MR) is 77.0 cm³/mol. The number of phenolic OH excluding ortho intramolecular Hbond substituents is 1. The van der Waals surface area contributed by atoms with Crippen LogP contribution in [0.5, 0.6) is 17.2 Å². The van der Waals surface area contributed by atoms with Crippen LogP contribution in [0.25, 0.3) is 0 Å². The van der Waals surface area contributed by atoms with Crippen LogP contribution >= 0.6 is 0 Å². The van der Waals surface area contributed by atoms with E-state index in [1.807, 2.05) is 24.3 Å². The number of aromatic hydroxyl groups is 1. The molecule has 4 nitrogen and oxygen atoms in total. The first kappa shape index (κ1) is 14.1. The molecule has 0 fully saturated rings. The van der Waals surface area contributed by atoms with Crippen molar-refractivity contribution in [3.8, 4) is 17.2 Å². The van der Waals surface area contributed by atoms with Crippen LogP contribution in [0.2, 0.25) is 0 Å². The normalized spacial score (nSPS) is 11.9. The number of ether oxygens (including phenoxy) is 1. The van der Waals surface area contributed by atoms with E-state index in [0.29, 0.717) is 17.9 Å². The Bertz CT molecular complexity index is 576. The number of carbonyl (C=O) groups is 1. The number of hydrogen-bond acceptors (Lipinski definition) is 4. The van der Waals surface area contributed by atoms with E-state index in [1.54, 1.807) is 24.3 Å². The molecule has 1 unspecified atom stereocenters. The summed E-state index contributed by atoms with van der Waals surface area (Å²) in [7, 11) is 0. The summed E-state index contributed by atoms with van der Waals surface area (Å²) in [6, 6.07) is 13.5. The molecule has 0 saturated carbocycles. The van der Waals surface area contributed by atoms with Gasteiger partial charge in [-0.25, -0.2) is 0 Å². The van der Waals surface area contributed by atoms with Crippen molar-refractivity contribution in [3.05, 3.63) is 54.1 Å². The minimum Gasteiger partial charge on any atom is -0.508 e. The summed E-state index contributed by atoms with van der Waals surface area (Å²) >= 11 is 0. The number of nitrogens with two attached hydrogens (primary N) is 1. The molecule has 0 aliphatic carbocycles. The van der Waals surface area contributed by atoms with Crippen LogP contribution in [0.3, 0.4) is 0 Å². The maximum absolute atomic E-state index is 11.1. The van der Waals surface area contributed by atoms with Gasteiger partial charge in [-0.3, -0.25) is 4.79 Å². The molecule has 4 heteroatoms. The smallest absolute Gasteiger partial charge is 0.146 e. The molecule has 0 aromatic heterocycles. The molecule has 0 radical (unpaired) electrons. The van der Waals surface area contributed by atoms with Gasteiger partial charge >= 0.3 is 0 Å². The van der Waals surface area contributed by atoms with E-state index in [1.165, 1.54) is 6.92 Å². The van der Waals surface area contributed by atoms with Crippen molar-refractivity contribution in [2.75, 3.05) is 0 Å². The van der Waals surface area contributed by atoms with Gasteiger partial charge in [-0.2, -0.15) is 0 Å². The van der Waals surface area contributed by atoms with E-state index in [9.17, 15) is 9.90 Å².